The molecule has 1 aromatic rings. The van der Waals surface area contributed by atoms with E-state index in [4.69, 9.17) is 9.47 Å². The Balaban J connectivity index is 1.82. The van der Waals surface area contributed by atoms with E-state index in [1.807, 2.05) is 6.07 Å². The van der Waals surface area contributed by atoms with Gasteiger partial charge in [-0.15, -0.1) is 0 Å². The van der Waals surface area contributed by atoms with Gasteiger partial charge in [0.2, 0.25) is 0 Å². The molecule has 18 heavy (non-hydrogen) atoms. The molecule has 1 aliphatic heterocycles. The zero-order valence-electron chi connectivity index (χ0n) is 10.8. The first-order valence-corrected chi connectivity index (χ1v) is 7.03. The van der Waals surface area contributed by atoms with Crippen LogP contribution in [-0.4, -0.2) is 11.9 Å². The maximum Gasteiger partial charge on any atom is 0.169 e. The van der Waals surface area contributed by atoms with Crippen LogP contribution in [0.25, 0.3) is 0 Å². The van der Waals surface area contributed by atoms with Crippen molar-refractivity contribution < 1.29 is 9.47 Å². The van der Waals surface area contributed by atoms with Crippen LogP contribution in [0.3, 0.4) is 0 Å². The molecule has 2 unspecified atom stereocenters. The molecule has 1 saturated carbocycles. The van der Waals surface area contributed by atoms with Gasteiger partial charge in [-0.2, -0.15) is 0 Å². The Hall–Kier alpha value is -0.860. The molecule has 1 saturated heterocycles. The van der Waals surface area contributed by atoms with Crippen molar-refractivity contribution in [1.29, 1.82) is 0 Å². The van der Waals surface area contributed by atoms with E-state index in [-0.39, 0.29) is 18.0 Å². The second-order valence-electron chi connectivity index (χ2n) is 5.37. The number of rotatable bonds is 2. The predicted octanol–water partition coefficient (Wildman–Crippen LogP) is 4.03. The zero-order chi connectivity index (χ0) is 12.4. The van der Waals surface area contributed by atoms with Crippen LogP contribution >= 0.6 is 0 Å². The van der Waals surface area contributed by atoms with E-state index in [0.717, 1.165) is 19.3 Å². The molecule has 2 nitrogen and oxygen atoms in total. The minimum absolute atomic E-state index is 0.0572. The summed E-state index contributed by atoms with van der Waals surface area (Å²) >= 11 is 0. The van der Waals surface area contributed by atoms with Crippen molar-refractivity contribution in [2.75, 3.05) is 0 Å². The second kappa shape index (κ2) is 5.02. The second-order valence-corrected chi connectivity index (χ2v) is 5.37. The van der Waals surface area contributed by atoms with E-state index in [1.54, 1.807) is 0 Å². The van der Waals surface area contributed by atoms with Crippen molar-refractivity contribution in [2.24, 2.45) is 0 Å². The van der Waals surface area contributed by atoms with E-state index >= 15 is 0 Å². The average Bonchev–Trinajstić information content (AvgIpc) is 2.79. The molecule has 1 aliphatic carbocycles. The first kappa shape index (κ1) is 12.2. The van der Waals surface area contributed by atoms with Crippen LogP contribution < -0.4 is 0 Å². The summed E-state index contributed by atoms with van der Waals surface area (Å²) in [6.45, 7) is 4.02. The molecule has 97 valence electrons. The Morgan fingerprint density at radius 3 is 2.44 bits per heavy atom. The molecule has 3 rings (SSSR count). The Bertz CT molecular complexity index is 381. The maximum atomic E-state index is 6.32. The smallest absolute Gasteiger partial charge is 0.169 e. The highest BCUT2D eigenvalue weighted by atomic mass is 16.8. The minimum atomic E-state index is -0.318. The molecular formula is C16H21O2. The Labute approximate surface area is 109 Å². The van der Waals surface area contributed by atoms with Gasteiger partial charge >= 0.3 is 0 Å². The van der Waals surface area contributed by atoms with Gasteiger partial charge in [-0.3, -0.25) is 0 Å². The van der Waals surface area contributed by atoms with E-state index in [1.165, 1.54) is 24.8 Å². The Morgan fingerprint density at radius 2 is 1.78 bits per heavy atom. The number of ether oxygens (including phenoxy) is 2. The zero-order valence-corrected chi connectivity index (χ0v) is 10.8. The van der Waals surface area contributed by atoms with Crippen LogP contribution in [0.1, 0.15) is 50.2 Å². The van der Waals surface area contributed by atoms with Crippen molar-refractivity contribution in [3.63, 3.8) is 0 Å². The summed E-state index contributed by atoms with van der Waals surface area (Å²) in [5.41, 5.74) is 1.22. The molecule has 0 aromatic heterocycles. The third kappa shape index (κ3) is 2.19. The first-order valence-electron chi connectivity index (χ1n) is 7.03. The summed E-state index contributed by atoms with van der Waals surface area (Å²) in [6.07, 6.45) is 6.73. The number of benzene rings is 1. The van der Waals surface area contributed by atoms with Crippen molar-refractivity contribution in [3.8, 4) is 0 Å². The van der Waals surface area contributed by atoms with Gasteiger partial charge in [-0.1, -0.05) is 43.7 Å². The lowest BCUT2D eigenvalue weighted by Crippen LogP contribution is -2.33. The summed E-state index contributed by atoms with van der Waals surface area (Å²) in [5, 5.41) is 0. The quantitative estimate of drug-likeness (QED) is 0.783. The van der Waals surface area contributed by atoms with E-state index in [2.05, 4.69) is 31.2 Å². The van der Waals surface area contributed by atoms with E-state index < -0.39 is 0 Å². The topological polar surface area (TPSA) is 18.5 Å². The largest absolute Gasteiger partial charge is 0.344 e. The van der Waals surface area contributed by atoms with E-state index in [9.17, 15) is 0 Å². The third-order valence-electron chi connectivity index (χ3n) is 4.07. The highest BCUT2D eigenvalue weighted by Gasteiger charge is 2.47. The van der Waals surface area contributed by atoms with Crippen molar-refractivity contribution in [1.82, 2.24) is 0 Å². The summed E-state index contributed by atoms with van der Waals surface area (Å²) in [7, 11) is 0. The molecule has 0 amide bonds. The van der Waals surface area contributed by atoms with Gasteiger partial charge < -0.3 is 9.47 Å². The SMILES string of the molecule is [CH2]CC1OC2(CCCCC2)OC1c1ccccc1. The first-order chi connectivity index (χ1) is 8.83. The van der Waals surface area contributed by atoms with Gasteiger partial charge in [-0.05, 0) is 24.8 Å². The highest BCUT2D eigenvalue weighted by molar-refractivity contribution is 5.20. The minimum Gasteiger partial charge on any atom is -0.344 e. The molecule has 1 radical (unpaired) electrons. The molecule has 1 aromatic carbocycles. The van der Waals surface area contributed by atoms with Gasteiger partial charge in [0, 0.05) is 12.8 Å². The molecule has 1 spiro atoms. The monoisotopic (exact) mass is 245 g/mol. The van der Waals surface area contributed by atoms with Crippen LogP contribution in [0.15, 0.2) is 30.3 Å². The van der Waals surface area contributed by atoms with E-state index in [0.29, 0.717) is 0 Å². The van der Waals surface area contributed by atoms with Crippen LogP contribution in [0.4, 0.5) is 0 Å². The summed E-state index contributed by atoms with van der Waals surface area (Å²) < 4.78 is 12.5. The molecule has 0 N–H and O–H groups in total. The van der Waals surface area contributed by atoms with Crippen LogP contribution in [-0.2, 0) is 9.47 Å². The van der Waals surface area contributed by atoms with Crippen LogP contribution in [0.5, 0.6) is 0 Å². The fourth-order valence-corrected chi connectivity index (χ4v) is 3.13. The third-order valence-corrected chi connectivity index (χ3v) is 4.07. The fourth-order valence-electron chi connectivity index (χ4n) is 3.13. The summed E-state index contributed by atoms with van der Waals surface area (Å²) in [4.78, 5) is 0. The predicted molar refractivity (Wildman–Crippen MR) is 70.9 cm³/mol. The maximum absolute atomic E-state index is 6.32. The lowest BCUT2D eigenvalue weighted by Gasteiger charge is -2.32. The Morgan fingerprint density at radius 1 is 1.06 bits per heavy atom. The average molecular weight is 245 g/mol. The molecule has 0 bridgehead atoms. The molecule has 2 heteroatoms. The van der Waals surface area contributed by atoms with Gasteiger partial charge in [0.15, 0.2) is 5.79 Å². The van der Waals surface area contributed by atoms with Crippen molar-refractivity contribution in [2.45, 2.75) is 56.5 Å². The fraction of sp³-hybridized carbons (Fsp3) is 0.562. The van der Waals surface area contributed by atoms with Crippen LogP contribution in [0.2, 0.25) is 0 Å². The van der Waals surface area contributed by atoms with Gasteiger partial charge in [-0.25, -0.2) is 0 Å². The highest BCUT2D eigenvalue weighted by Crippen LogP contribution is 2.46. The molecule has 2 fully saturated rings. The molecule has 1 heterocycles. The molecular weight excluding hydrogens is 224 g/mol. The van der Waals surface area contributed by atoms with Crippen LogP contribution in [0, 0.1) is 6.92 Å². The lowest BCUT2D eigenvalue weighted by atomic mass is 9.94. The van der Waals surface area contributed by atoms with Gasteiger partial charge in [0.05, 0.1) is 6.10 Å². The standard InChI is InChI=1S/C16H21O2/c1-2-14-15(13-9-5-3-6-10-13)18-16(17-14)11-7-4-8-12-16/h3,5-6,9-10,14-15H,1-2,4,7-8,11-12H2. The number of hydrogen-bond donors (Lipinski definition) is 0. The Kier molecular flexibility index (Phi) is 3.40. The normalized spacial score (nSPS) is 30.7. The summed E-state index contributed by atoms with van der Waals surface area (Å²) in [5.74, 6) is -0.318. The van der Waals surface area contributed by atoms with Gasteiger partial charge in [0.25, 0.3) is 0 Å². The van der Waals surface area contributed by atoms with Crippen molar-refractivity contribution in [3.05, 3.63) is 42.8 Å². The summed E-state index contributed by atoms with van der Waals surface area (Å²) in [6, 6.07) is 10.4. The molecule has 2 atom stereocenters. The van der Waals surface area contributed by atoms with Crippen molar-refractivity contribution >= 4 is 0 Å². The van der Waals surface area contributed by atoms with Gasteiger partial charge in [0.1, 0.15) is 6.10 Å². The number of hydrogen-bond acceptors (Lipinski definition) is 2. The lowest BCUT2D eigenvalue weighted by molar-refractivity contribution is -0.194. The molecule has 2 aliphatic rings.